The van der Waals surface area contributed by atoms with Crippen LogP contribution in [0.2, 0.25) is 0 Å². The number of benzene rings is 2. The number of nitrogens with one attached hydrogen (secondary N) is 2. The lowest BCUT2D eigenvalue weighted by atomic mass is 10.1. The number of rotatable bonds is 2. The largest absolute Gasteiger partial charge is 0.435 e. The molecule has 2 aromatic carbocycles. The lowest BCUT2D eigenvalue weighted by Gasteiger charge is -2.07. The molecular formula is C21H14F3N5O. The molecule has 0 amide bonds. The molecule has 0 aliphatic carbocycles. The SMILES string of the molecule is Cc1[nH]c2c(-c3ccccc3)c(C(F)(F)F)nn2c(=O)c1-c1nc2ccccc2[nH]1. The van der Waals surface area contributed by atoms with Gasteiger partial charge in [0.1, 0.15) is 17.0 Å². The monoisotopic (exact) mass is 409 g/mol. The predicted octanol–water partition coefficient (Wildman–Crippen LogP) is 4.56. The second-order valence-corrected chi connectivity index (χ2v) is 6.88. The lowest BCUT2D eigenvalue weighted by molar-refractivity contribution is -0.140. The fraction of sp³-hybridized carbons (Fsp3) is 0.0952. The second-order valence-electron chi connectivity index (χ2n) is 6.88. The molecule has 0 atom stereocenters. The van der Waals surface area contributed by atoms with Crippen LogP contribution in [-0.4, -0.2) is 24.6 Å². The van der Waals surface area contributed by atoms with E-state index in [1.807, 2.05) is 12.1 Å². The van der Waals surface area contributed by atoms with Crippen molar-refractivity contribution in [3.8, 4) is 22.5 Å². The number of alkyl halides is 3. The molecule has 6 nitrogen and oxygen atoms in total. The van der Waals surface area contributed by atoms with Crippen molar-refractivity contribution < 1.29 is 13.2 Å². The molecule has 0 saturated heterocycles. The fourth-order valence-electron chi connectivity index (χ4n) is 3.61. The van der Waals surface area contributed by atoms with E-state index in [9.17, 15) is 18.0 Å². The van der Waals surface area contributed by atoms with Gasteiger partial charge in [0, 0.05) is 5.69 Å². The Hall–Kier alpha value is -3.88. The average Bonchev–Trinajstić information content (AvgIpc) is 3.30. The second kappa shape index (κ2) is 6.31. The summed E-state index contributed by atoms with van der Waals surface area (Å²) in [5.74, 6) is 0.266. The highest BCUT2D eigenvalue weighted by Gasteiger charge is 2.39. The first-order valence-electron chi connectivity index (χ1n) is 9.08. The summed E-state index contributed by atoms with van der Waals surface area (Å²) in [4.78, 5) is 23.6. The topological polar surface area (TPSA) is 78.8 Å². The van der Waals surface area contributed by atoms with Crippen LogP contribution in [0.15, 0.2) is 59.4 Å². The van der Waals surface area contributed by atoms with Crippen molar-refractivity contribution in [1.82, 2.24) is 24.6 Å². The van der Waals surface area contributed by atoms with E-state index in [0.717, 1.165) is 4.52 Å². The van der Waals surface area contributed by atoms with Crippen molar-refractivity contribution in [1.29, 1.82) is 0 Å². The van der Waals surface area contributed by atoms with E-state index in [0.29, 0.717) is 22.3 Å². The molecule has 0 spiro atoms. The fourth-order valence-corrected chi connectivity index (χ4v) is 3.61. The Balaban J connectivity index is 1.84. The van der Waals surface area contributed by atoms with E-state index in [4.69, 9.17) is 0 Å². The molecule has 0 bridgehead atoms. The smallest absolute Gasteiger partial charge is 0.342 e. The van der Waals surface area contributed by atoms with Gasteiger partial charge in [-0.2, -0.15) is 22.8 Å². The predicted molar refractivity (Wildman–Crippen MR) is 106 cm³/mol. The van der Waals surface area contributed by atoms with Gasteiger partial charge in [-0.3, -0.25) is 4.79 Å². The first-order valence-corrected chi connectivity index (χ1v) is 9.08. The van der Waals surface area contributed by atoms with E-state index in [1.54, 1.807) is 49.4 Å². The van der Waals surface area contributed by atoms with Crippen LogP contribution >= 0.6 is 0 Å². The van der Waals surface area contributed by atoms with Gasteiger partial charge >= 0.3 is 6.18 Å². The number of imidazole rings is 1. The number of H-pyrrole nitrogens is 2. The molecule has 150 valence electrons. The molecule has 0 aliphatic rings. The molecule has 3 heterocycles. The summed E-state index contributed by atoms with van der Waals surface area (Å²) >= 11 is 0. The highest BCUT2D eigenvalue weighted by Crippen LogP contribution is 2.38. The molecule has 2 N–H and O–H groups in total. The number of fused-ring (bicyclic) bond motifs is 2. The van der Waals surface area contributed by atoms with Gasteiger partial charge in [0.15, 0.2) is 5.69 Å². The first kappa shape index (κ1) is 18.2. The summed E-state index contributed by atoms with van der Waals surface area (Å²) < 4.78 is 42.0. The number of aromatic nitrogens is 5. The Morgan fingerprint density at radius 3 is 2.33 bits per heavy atom. The minimum atomic E-state index is -4.73. The van der Waals surface area contributed by atoms with Crippen LogP contribution in [0.25, 0.3) is 39.2 Å². The molecule has 30 heavy (non-hydrogen) atoms. The summed E-state index contributed by atoms with van der Waals surface area (Å²) in [7, 11) is 0. The summed E-state index contributed by atoms with van der Waals surface area (Å²) in [5, 5.41) is 3.65. The molecule has 0 unspecified atom stereocenters. The van der Waals surface area contributed by atoms with Crippen molar-refractivity contribution >= 4 is 16.7 Å². The zero-order valence-electron chi connectivity index (χ0n) is 15.6. The summed E-state index contributed by atoms with van der Waals surface area (Å²) in [6.45, 7) is 1.62. The Bertz CT molecular complexity index is 1430. The summed E-state index contributed by atoms with van der Waals surface area (Å²) in [5.41, 5.74) is 0.199. The molecular weight excluding hydrogens is 395 g/mol. The van der Waals surface area contributed by atoms with E-state index in [1.165, 1.54) is 0 Å². The van der Waals surface area contributed by atoms with Gasteiger partial charge in [0.05, 0.1) is 16.6 Å². The van der Waals surface area contributed by atoms with Crippen LogP contribution < -0.4 is 5.56 Å². The zero-order chi connectivity index (χ0) is 21.0. The van der Waals surface area contributed by atoms with Gasteiger partial charge in [-0.15, -0.1) is 0 Å². The highest BCUT2D eigenvalue weighted by molar-refractivity contribution is 5.83. The van der Waals surface area contributed by atoms with E-state index in [2.05, 4.69) is 20.1 Å². The molecule has 9 heteroatoms. The summed E-state index contributed by atoms with van der Waals surface area (Å²) in [6.07, 6.45) is -4.73. The number of nitrogens with zero attached hydrogens (tertiary/aromatic N) is 3. The van der Waals surface area contributed by atoms with Crippen LogP contribution in [0.4, 0.5) is 13.2 Å². The van der Waals surface area contributed by atoms with E-state index < -0.39 is 17.4 Å². The normalized spacial score (nSPS) is 12.1. The van der Waals surface area contributed by atoms with E-state index in [-0.39, 0.29) is 22.6 Å². The van der Waals surface area contributed by atoms with Crippen LogP contribution in [0.5, 0.6) is 0 Å². The highest BCUT2D eigenvalue weighted by atomic mass is 19.4. The third kappa shape index (κ3) is 2.70. The third-order valence-electron chi connectivity index (χ3n) is 4.93. The quantitative estimate of drug-likeness (QED) is 0.449. The summed E-state index contributed by atoms with van der Waals surface area (Å²) in [6, 6.07) is 15.3. The molecule has 5 aromatic rings. The van der Waals surface area contributed by atoms with Gasteiger partial charge in [0.25, 0.3) is 5.56 Å². The Labute approximate surface area is 167 Å². The molecule has 5 rings (SSSR count). The molecule has 0 aliphatic heterocycles. The number of aryl methyl sites for hydroxylation is 1. The number of para-hydroxylation sites is 2. The minimum Gasteiger partial charge on any atom is -0.342 e. The minimum absolute atomic E-state index is 0.0177. The van der Waals surface area contributed by atoms with Crippen LogP contribution in [-0.2, 0) is 6.18 Å². The van der Waals surface area contributed by atoms with Gasteiger partial charge in [-0.25, -0.2) is 4.98 Å². The standard InChI is InChI=1S/C21H14F3N5O/c1-11-15(18-26-13-9-5-6-10-14(13)27-18)20(30)29-19(25-11)16(12-7-3-2-4-8-12)17(28-29)21(22,23)24/h2-10,25H,1H3,(H,26,27). The van der Waals surface area contributed by atoms with Crippen molar-refractivity contribution in [2.75, 3.05) is 0 Å². The molecule has 0 saturated carbocycles. The van der Waals surface area contributed by atoms with Crippen molar-refractivity contribution in [2.45, 2.75) is 13.1 Å². The average molecular weight is 409 g/mol. The maximum atomic E-state index is 13.8. The van der Waals surface area contributed by atoms with Crippen molar-refractivity contribution in [3.63, 3.8) is 0 Å². The third-order valence-corrected chi connectivity index (χ3v) is 4.93. The van der Waals surface area contributed by atoms with Crippen LogP contribution in [0, 0.1) is 6.92 Å². The van der Waals surface area contributed by atoms with Gasteiger partial charge < -0.3 is 9.97 Å². The Morgan fingerprint density at radius 1 is 0.933 bits per heavy atom. The van der Waals surface area contributed by atoms with Crippen LogP contribution in [0.1, 0.15) is 11.4 Å². The maximum absolute atomic E-state index is 13.8. The number of hydrogen-bond acceptors (Lipinski definition) is 3. The Kier molecular flexibility index (Phi) is 3.82. The van der Waals surface area contributed by atoms with E-state index >= 15 is 0 Å². The number of hydrogen-bond donors (Lipinski definition) is 2. The number of aromatic amines is 2. The lowest BCUT2D eigenvalue weighted by Crippen LogP contribution is -2.20. The van der Waals surface area contributed by atoms with Crippen LogP contribution in [0.3, 0.4) is 0 Å². The first-order chi connectivity index (χ1) is 14.3. The van der Waals surface area contributed by atoms with Gasteiger partial charge in [0.2, 0.25) is 0 Å². The Morgan fingerprint density at radius 2 is 1.63 bits per heavy atom. The number of halogens is 3. The molecule has 0 fully saturated rings. The maximum Gasteiger partial charge on any atom is 0.435 e. The zero-order valence-corrected chi connectivity index (χ0v) is 15.6. The molecule has 0 radical (unpaired) electrons. The van der Waals surface area contributed by atoms with Gasteiger partial charge in [-0.1, -0.05) is 42.5 Å². The molecule has 3 aromatic heterocycles. The van der Waals surface area contributed by atoms with Crippen molar-refractivity contribution in [2.24, 2.45) is 0 Å². The van der Waals surface area contributed by atoms with Crippen molar-refractivity contribution in [3.05, 3.63) is 76.3 Å². The van der Waals surface area contributed by atoms with Gasteiger partial charge in [-0.05, 0) is 24.6 Å².